The predicted molar refractivity (Wildman–Crippen MR) is 74.9 cm³/mol. The Hall–Kier alpha value is -0.610. The van der Waals surface area contributed by atoms with E-state index in [0.717, 1.165) is 19.5 Å². The van der Waals surface area contributed by atoms with Gasteiger partial charge in [-0.2, -0.15) is 0 Å². The fourth-order valence-electron chi connectivity index (χ4n) is 2.09. The van der Waals surface area contributed by atoms with Crippen molar-refractivity contribution >= 4 is 24.1 Å². The van der Waals surface area contributed by atoms with Crippen LogP contribution in [0.3, 0.4) is 0 Å². The molecule has 18 heavy (non-hydrogen) atoms. The van der Waals surface area contributed by atoms with Crippen molar-refractivity contribution in [2.24, 2.45) is 10.8 Å². The van der Waals surface area contributed by atoms with Gasteiger partial charge in [-0.15, -0.1) is 12.4 Å². The van der Waals surface area contributed by atoms with Gasteiger partial charge in [0.15, 0.2) is 0 Å². The zero-order valence-electron chi connectivity index (χ0n) is 11.9. The number of hydrogen-bond donors (Lipinski definition) is 2. The maximum Gasteiger partial charge on any atom is 0.288 e. The van der Waals surface area contributed by atoms with Crippen molar-refractivity contribution in [1.82, 2.24) is 10.6 Å². The molecule has 1 unspecified atom stereocenters. The van der Waals surface area contributed by atoms with Crippen LogP contribution in [-0.2, 0) is 9.59 Å². The van der Waals surface area contributed by atoms with Crippen molar-refractivity contribution in [2.45, 2.75) is 47.1 Å². The summed E-state index contributed by atoms with van der Waals surface area (Å²) in [7, 11) is 0. The highest BCUT2D eigenvalue weighted by atomic mass is 35.5. The third-order valence-corrected chi connectivity index (χ3v) is 3.02. The van der Waals surface area contributed by atoms with Crippen LogP contribution in [-0.4, -0.2) is 30.8 Å². The van der Waals surface area contributed by atoms with Crippen molar-refractivity contribution in [3.05, 3.63) is 0 Å². The standard InChI is InChI=1S/C13H24N2O2.ClH/c1-12(2,3)10(16)11(17)15-9-6-13(4,5)8-14-7-9;/h9,14H,6-8H2,1-5H3,(H,15,17);1H. The molecule has 0 aliphatic carbocycles. The molecule has 1 aliphatic rings. The minimum absolute atomic E-state index is 0. The molecule has 0 saturated carbocycles. The van der Waals surface area contributed by atoms with Crippen LogP contribution in [0.2, 0.25) is 0 Å². The lowest BCUT2D eigenvalue weighted by atomic mass is 9.82. The molecule has 0 radical (unpaired) electrons. The van der Waals surface area contributed by atoms with Crippen molar-refractivity contribution in [3.8, 4) is 0 Å². The second-order valence-electron chi connectivity index (χ2n) is 6.75. The number of rotatable bonds is 2. The molecule has 0 aromatic heterocycles. The number of Topliss-reactive ketones (excluding diaryl/α,β-unsaturated/α-hetero) is 1. The molecule has 0 aromatic carbocycles. The van der Waals surface area contributed by atoms with Gasteiger partial charge in [0.2, 0.25) is 5.78 Å². The largest absolute Gasteiger partial charge is 0.345 e. The topological polar surface area (TPSA) is 58.2 Å². The van der Waals surface area contributed by atoms with Gasteiger partial charge in [0.05, 0.1) is 0 Å². The minimum Gasteiger partial charge on any atom is -0.345 e. The lowest BCUT2D eigenvalue weighted by molar-refractivity contribution is -0.143. The highest BCUT2D eigenvalue weighted by Crippen LogP contribution is 2.24. The molecule has 0 bridgehead atoms. The first kappa shape index (κ1) is 17.4. The molecule has 1 amide bonds. The first-order valence-corrected chi connectivity index (χ1v) is 6.18. The Balaban J connectivity index is 0.00000289. The van der Waals surface area contributed by atoms with Crippen molar-refractivity contribution < 1.29 is 9.59 Å². The molecule has 106 valence electrons. The first-order valence-electron chi connectivity index (χ1n) is 6.18. The average Bonchev–Trinajstić information content (AvgIpc) is 2.13. The average molecular weight is 277 g/mol. The molecule has 0 aromatic rings. The van der Waals surface area contributed by atoms with E-state index < -0.39 is 11.3 Å². The normalized spacial score (nSPS) is 22.8. The van der Waals surface area contributed by atoms with E-state index in [2.05, 4.69) is 24.5 Å². The number of halogens is 1. The SMILES string of the molecule is CC1(C)CNCC(NC(=O)C(=O)C(C)(C)C)C1.Cl. The van der Waals surface area contributed by atoms with Gasteiger partial charge in [0.1, 0.15) is 0 Å². The van der Waals surface area contributed by atoms with E-state index in [9.17, 15) is 9.59 Å². The molecule has 0 spiro atoms. The molecule has 2 N–H and O–H groups in total. The molecule has 1 atom stereocenters. The monoisotopic (exact) mass is 276 g/mol. The van der Waals surface area contributed by atoms with Gasteiger partial charge in [-0.05, 0) is 11.8 Å². The summed E-state index contributed by atoms with van der Waals surface area (Å²) >= 11 is 0. The molecular weight excluding hydrogens is 252 g/mol. The number of hydrogen-bond acceptors (Lipinski definition) is 3. The van der Waals surface area contributed by atoms with Crippen molar-refractivity contribution in [1.29, 1.82) is 0 Å². The molecule has 5 heteroatoms. The Bertz CT molecular complexity index is 321. The van der Waals surface area contributed by atoms with E-state index in [1.54, 1.807) is 20.8 Å². The van der Waals surface area contributed by atoms with E-state index in [1.165, 1.54) is 0 Å². The molecule has 1 rings (SSSR count). The summed E-state index contributed by atoms with van der Waals surface area (Å²) in [5.41, 5.74) is -0.442. The Kier molecular flexibility index (Phi) is 5.82. The maximum absolute atomic E-state index is 11.8. The summed E-state index contributed by atoms with van der Waals surface area (Å²) in [6, 6.07) is 0.0533. The number of ketones is 1. The highest BCUT2D eigenvalue weighted by molar-refractivity contribution is 6.37. The number of nitrogens with one attached hydrogen (secondary N) is 2. The van der Waals surface area contributed by atoms with Gasteiger partial charge in [-0.3, -0.25) is 9.59 Å². The number of carbonyl (C=O) groups is 2. The second-order valence-corrected chi connectivity index (χ2v) is 6.75. The number of piperidine rings is 1. The van der Waals surface area contributed by atoms with Crippen LogP contribution in [0.25, 0.3) is 0 Å². The van der Waals surface area contributed by atoms with E-state index in [0.29, 0.717) is 0 Å². The summed E-state index contributed by atoms with van der Waals surface area (Å²) in [5, 5.41) is 6.11. The summed E-state index contributed by atoms with van der Waals surface area (Å²) < 4.78 is 0. The summed E-state index contributed by atoms with van der Waals surface area (Å²) in [6.45, 7) is 11.3. The minimum atomic E-state index is -0.609. The van der Waals surface area contributed by atoms with Crippen LogP contribution < -0.4 is 10.6 Å². The van der Waals surface area contributed by atoms with Crippen LogP contribution in [0.1, 0.15) is 41.0 Å². The van der Waals surface area contributed by atoms with Gasteiger partial charge in [0.25, 0.3) is 5.91 Å². The van der Waals surface area contributed by atoms with Gasteiger partial charge < -0.3 is 10.6 Å². The first-order chi connectivity index (χ1) is 7.62. The Morgan fingerprint density at radius 1 is 1.28 bits per heavy atom. The molecule has 1 aliphatic heterocycles. The highest BCUT2D eigenvalue weighted by Gasteiger charge is 2.33. The summed E-state index contributed by atoms with van der Waals surface area (Å²) in [4.78, 5) is 23.5. The molecule has 1 saturated heterocycles. The molecular formula is C13H25ClN2O2. The van der Waals surface area contributed by atoms with Gasteiger partial charge >= 0.3 is 0 Å². The predicted octanol–water partition coefficient (Wildman–Crippen LogP) is 1.53. The van der Waals surface area contributed by atoms with Crippen LogP contribution in [0.4, 0.5) is 0 Å². The van der Waals surface area contributed by atoms with Crippen LogP contribution in [0.15, 0.2) is 0 Å². The summed E-state index contributed by atoms with van der Waals surface area (Å²) in [5.74, 6) is -0.803. The van der Waals surface area contributed by atoms with Gasteiger partial charge in [0, 0.05) is 24.5 Å². The van der Waals surface area contributed by atoms with Gasteiger partial charge in [-0.1, -0.05) is 34.6 Å². The van der Waals surface area contributed by atoms with Crippen LogP contribution in [0, 0.1) is 10.8 Å². The van der Waals surface area contributed by atoms with Crippen LogP contribution in [0.5, 0.6) is 0 Å². The smallest absolute Gasteiger partial charge is 0.288 e. The number of carbonyl (C=O) groups excluding carboxylic acids is 2. The Labute approximate surface area is 116 Å². The third-order valence-electron chi connectivity index (χ3n) is 3.02. The van der Waals surface area contributed by atoms with Gasteiger partial charge in [-0.25, -0.2) is 0 Å². The zero-order valence-corrected chi connectivity index (χ0v) is 12.7. The fraction of sp³-hybridized carbons (Fsp3) is 0.846. The van der Waals surface area contributed by atoms with Crippen LogP contribution >= 0.6 is 12.4 Å². The van der Waals surface area contributed by atoms with Crippen molar-refractivity contribution in [2.75, 3.05) is 13.1 Å². The van der Waals surface area contributed by atoms with E-state index in [-0.39, 0.29) is 29.6 Å². The van der Waals surface area contributed by atoms with E-state index in [1.807, 2.05) is 0 Å². The zero-order chi connectivity index (χ0) is 13.3. The van der Waals surface area contributed by atoms with E-state index in [4.69, 9.17) is 0 Å². The second kappa shape index (κ2) is 6.02. The van der Waals surface area contributed by atoms with Crippen molar-refractivity contribution in [3.63, 3.8) is 0 Å². The fourth-order valence-corrected chi connectivity index (χ4v) is 2.09. The Morgan fingerprint density at radius 2 is 1.83 bits per heavy atom. The summed E-state index contributed by atoms with van der Waals surface area (Å²) in [6.07, 6.45) is 0.906. The molecule has 1 fully saturated rings. The lowest BCUT2D eigenvalue weighted by Gasteiger charge is -2.36. The molecule has 1 heterocycles. The quantitative estimate of drug-likeness (QED) is 0.752. The number of amides is 1. The Morgan fingerprint density at radius 3 is 2.28 bits per heavy atom. The molecule has 4 nitrogen and oxygen atoms in total. The lowest BCUT2D eigenvalue weighted by Crippen LogP contribution is -2.53. The maximum atomic E-state index is 11.8. The van der Waals surface area contributed by atoms with E-state index >= 15 is 0 Å². The third kappa shape index (κ3) is 4.94.